The van der Waals surface area contributed by atoms with Gasteiger partial charge in [-0.15, -0.1) is 0 Å². The van der Waals surface area contributed by atoms with Gasteiger partial charge in [0.05, 0.1) is 6.04 Å². The standard InChI is InChI=1S/C24H31N3O2/c1-17-13-15-26(20-11-12-20)23(28)22(17)24(29)27-14-5-4-6-21(27)19-9-7-18(8-10-19)16-25(2)3/h7-10,13,15,20-21H,4-6,11-12,14,16H2,1-3H3. The maximum absolute atomic E-state index is 13.5. The van der Waals surface area contributed by atoms with Crippen LogP contribution in [0.4, 0.5) is 0 Å². The summed E-state index contributed by atoms with van der Waals surface area (Å²) in [6, 6.07) is 10.8. The molecule has 2 fully saturated rings. The molecule has 0 N–H and O–H groups in total. The molecule has 5 nitrogen and oxygen atoms in total. The summed E-state index contributed by atoms with van der Waals surface area (Å²) in [6.45, 7) is 3.48. The molecule has 154 valence electrons. The summed E-state index contributed by atoms with van der Waals surface area (Å²) < 4.78 is 1.76. The highest BCUT2D eigenvalue weighted by molar-refractivity contribution is 5.95. The van der Waals surface area contributed by atoms with Crippen LogP contribution in [-0.4, -0.2) is 40.9 Å². The van der Waals surface area contributed by atoms with Crippen LogP contribution in [0.15, 0.2) is 41.3 Å². The summed E-state index contributed by atoms with van der Waals surface area (Å²) in [5, 5.41) is 0. The van der Waals surface area contributed by atoms with E-state index in [9.17, 15) is 9.59 Å². The third-order valence-electron chi connectivity index (χ3n) is 6.11. The van der Waals surface area contributed by atoms with Gasteiger partial charge in [-0.2, -0.15) is 0 Å². The third-order valence-corrected chi connectivity index (χ3v) is 6.11. The lowest BCUT2D eigenvalue weighted by atomic mass is 9.93. The van der Waals surface area contributed by atoms with Crippen LogP contribution in [0.3, 0.4) is 0 Å². The lowest BCUT2D eigenvalue weighted by Gasteiger charge is -2.36. The SMILES string of the molecule is Cc1ccn(C2CC2)c(=O)c1C(=O)N1CCCCC1c1ccc(CN(C)C)cc1. The zero-order valence-electron chi connectivity index (χ0n) is 17.7. The second-order valence-electron chi connectivity index (χ2n) is 8.81. The van der Waals surface area contributed by atoms with E-state index in [0.29, 0.717) is 12.1 Å². The van der Waals surface area contributed by atoms with E-state index in [-0.39, 0.29) is 23.6 Å². The van der Waals surface area contributed by atoms with Gasteiger partial charge in [0, 0.05) is 25.3 Å². The molecule has 0 spiro atoms. The molecule has 2 heterocycles. The number of rotatable bonds is 5. The Morgan fingerprint density at radius 3 is 2.45 bits per heavy atom. The number of carbonyl (C=O) groups is 1. The second kappa shape index (κ2) is 8.15. The fourth-order valence-electron chi connectivity index (χ4n) is 4.42. The Kier molecular flexibility index (Phi) is 5.59. The van der Waals surface area contributed by atoms with Crippen molar-refractivity contribution in [2.24, 2.45) is 0 Å². The minimum atomic E-state index is -0.122. The summed E-state index contributed by atoms with van der Waals surface area (Å²) in [7, 11) is 4.12. The quantitative estimate of drug-likeness (QED) is 0.773. The molecule has 2 aromatic rings. The van der Waals surface area contributed by atoms with Crippen molar-refractivity contribution in [3.63, 3.8) is 0 Å². The summed E-state index contributed by atoms with van der Waals surface area (Å²) in [6.07, 6.45) is 6.95. The predicted molar refractivity (Wildman–Crippen MR) is 115 cm³/mol. The minimum Gasteiger partial charge on any atom is -0.331 e. The molecule has 1 saturated carbocycles. The van der Waals surface area contributed by atoms with E-state index in [0.717, 1.165) is 49.8 Å². The molecule has 1 aliphatic heterocycles. The van der Waals surface area contributed by atoms with Crippen LogP contribution in [0.5, 0.6) is 0 Å². The monoisotopic (exact) mass is 393 g/mol. The number of aryl methyl sites for hydroxylation is 1. The Morgan fingerprint density at radius 1 is 1.07 bits per heavy atom. The Bertz CT molecular complexity index is 942. The van der Waals surface area contributed by atoms with Crippen LogP contribution in [0, 0.1) is 6.92 Å². The lowest BCUT2D eigenvalue weighted by molar-refractivity contribution is 0.0608. The first kappa shape index (κ1) is 19.9. The summed E-state index contributed by atoms with van der Waals surface area (Å²) in [5.74, 6) is -0.107. The molecular weight excluding hydrogens is 362 g/mol. The molecule has 0 bridgehead atoms. The van der Waals surface area contributed by atoms with E-state index in [1.807, 2.05) is 24.1 Å². The van der Waals surface area contributed by atoms with Crippen molar-refractivity contribution in [3.05, 3.63) is 69.1 Å². The summed E-state index contributed by atoms with van der Waals surface area (Å²) >= 11 is 0. The fourth-order valence-corrected chi connectivity index (χ4v) is 4.42. The van der Waals surface area contributed by atoms with Crippen molar-refractivity contribution in [1.29, 1.82) is 0 Å². The molecule has 1 amide bonds. The van der Waals surface area contributed by atoms with Crippen molar-refractivity contribution in [2.45, 2.75) is 57.7 Å². The molecule has 1 atom stereocenters. The third kappa shape index (κ3) is 4.15. The molecule has 0 radical (unpaired) electrons. The number of hydrogen-bond acceptors (Lipinski definition) is 3. The highest BCUT2D eigenvalue weighted by Crippen LogP contribution is 2.35. The van der Waals surface area contributed by atoms with Crippen LogP contribution >= 0.6 is 0 Å². The van der Waals surface area contributed by atoms with Crippen LogP contribution in [0.1, 0.15) is 71.2 Å². The highest BCUT2D eigenvalue weighted by atomic mass is 16.2. The van der Waals surface area contributed by atoms with Gasteiger partial charge in [0.1, 0.15) is 5.56 Å². The van der Waals surface area contributed by atoms with E-state index in [1.165, 1.54) is 5.56 Å². The molecule has 1 aliphatic carbocycles. The normalized spacial score (nSPS) is 19.6. The van der Waals surface area contributed by atoms with Crippen molar-refractivity contribution >= 4 is 5.91 Å². The molecular formula is C24H31N3O2. The first-order valence-electron chi connectivity index (χ1n) is 10.7. The Labute approximate surface area is 172 Å². The molecule has 5 heteroatoms. The first-order chi connectivity index (χ1) is 14.0. The molecule has 1 aromatic heterocycles. The average molecular weight is 394 g/mol. The summed E-state index contributed by atoms with van der Waals surface area (Å²) in [4.78, 5) is 30.7. The Morgan fingerprint density at radius 2 is 1.79 bits per heavy atom. The first-order valence-corrected chi connectivity index (χ1v) is 10.7. The van der Waals surface area contributed by atoms with Crippen molar-refractivity contribution < 1.29 is 4.79 Å². The molecule has 1 unspecified atom stereocenters. The van der Waals surface area contributed by atoms with E-state index in [1.54, 1.807) is 4.57 Å². The van der Waals surface area contributed by atoms with Gasteiger partial charge in [-0.05, 0) is 75.9 Å². The molecule has 1 aromatic carbocycles. The van der Waals surface area contributed by atoms with Gasteiger partial charge < -0.3 is 14.4 Å². The summed E-state index contributed by atoms with van der Waals surface area (Å²) in [5.41, 5.74) is 3.44. The maximum atomic E-state index is 13.5. The second-order valence-corrected chi connectivity index (χ2v) is 8.81. The number of likely N-dealkylation sites (tertiary alicyclic amines) is 1. The van der Waals surface area contributed by atoms with E-state index >= 15 is 0 Å². The van der Waals surface area contributed by atoms with Gasteiger partial charge in [-0.1, -0.05) is 24.3 Å². The fraction of sp³-hybridized carbons (Fsp3) is 0.500. The number of nitrogens with zero attached hydrogens (tertiary/aromatic N) is 3. The number of hydrogen-bond donors (Lipinski definition) is 0. The van der Waals surface area contributed by atoms with Gasteiger partial charge in [-0.3, -0.25) is 9.59 Å². The largest absolute Gasteiger partial charge is 0.331 e. The molecule has 1 saturated heterocycles. The van der Waals surface area contributed by atoms with Crippen molar-refractivity contribution in [2.75, 3.05) is 20.6 Å². The van der Waals surface area contributed by atoms with Crippen LogP contribution < -0.4 is 5.56 Å². The van der Waals surface area contributed by atoms with Crippen LogP contribution in [0.2, 0.25) is 0 Å². The maximum Gasteiger partial charge on any atom is 0.263 e. The van der Waals surface area contributed by atoms with E-state index < -0.39 is 0 Å². The van der Waals surface area contributed by atoms with E-state index in [4.69, 9.17) is 0 Å². The van der Waals surface area contributed by atoms with Crippen LogP contribution in [0.25, 0.3) is 0 Å². The molecule has 4 rings (SSSR count). The number of amides is 1. The predicted octanol–water partition coefficient (Wildman–Crippen LogP) is 3.92. The van der Waals surface area contributed by atoms with Gasteiger partial charge in [0.2, 0.25) is 0 Å². The van der Waals surface area contributed by atoms with Gasteiger partial charge in [-0.25, -0.2) is 0 Å². The van der Waals surface area contributed by atoms with Crippen LogP contribution in [-0.2, 0) is 6.54 Å². The lowest BCUT2D eigenvalue weighted by Crippen LogP contribution is -2.42. The highest BCUT2D eigenvalue weighted by Gasteiger charge is 2.33. The smallest absolute Gasteiger partial charge is 0.263 e. The Balaban J connectivity index is 1.63. The molecule has 2 aliphatic rings. The number of pyridine rings is 1. The van der Waals surface area contributed by atoms with Gasteiger partial charge >= 0.3 is 0 Å². The topological polar surface area (TPSA) is 45.6 Å². The number of aromatic nitrogens is 1. The van der Waals surface area contributed by atoms with Gasteiger partial charge in [0.15, 0.2) is 0 Å². The number of benzene rings is 1. The minimum absolute atomic E-state index is 0.0398. The average Bonchev–Trinajstić information content (AvgIpc) is 3.53. The number of carbonyl (C=O) groups excluding carboxylic acids is 1. The zero-order chi connectivity index (χ0) is 20.5. The van der Waals surface area contributed by atoms with Crippen molar-refractivity contribution in [3.8, 4) is 0 Å². The number of piperidine rings is 1. The molecule has 29 heavy (non-hydrogen) atoms. The van der Waals surface area contributed by atoms with E-state index in [2.05, 4.69) is 43.3 Å². The zero-order valence-corrected chi connectivity index (χ0v) is 17.7. The van der Waals surface area contributed by atoms with Crippen molar-refractivity contribution in [1.82, 2.24) is 14.4 Å². The Hall–Kier alpha value is -2.40. The van der Waals surface area contributed by atoms with Gasteiger partial charge in [0.25, 0.3) is 11.5 Å².